The van der Waals surface area contributed by atoms with Gasteiger partial charge in [0.15, 0.2) is 0 Å². The average molecular weight is 465 g/mol. The number of halogens is 1. The molecule has 1 fully saturated rings. The predicted molar refractivity (Wildman–Crippen MR) is 125 cm³/mol. The first-order valence-electron chi connectivity index (χ1n) is 11.3. The molecular weight excluding hydrogens is 432 g/mol. The van der Waals surface area contributed by atoms with Crippen molar-refractivity contribution in [1.82, 2.24) is 10.2 Å². The molecule has 9 heteroatoms. The minimum Gasteiger partial charge on any atom is -0.385 e. The Morgan fingerprint density at radius 3 is 2.19 bits per heavy atom. The van der Waals surface area contributed by atoms with E-state index in [1.54, 1.807) is 18.2 Å². The van der Waals surface area contributed by atoms with Gasteiger partial charge in [-0.1, -0.05) is 38.5 Å². The number of hydrogen-bond acceptors (Lipinski definition) is 6. The summed E-state index contributed by atoms with van der Waals surface area (Å²) in [6, 6.07) is 4.16. The zero-order chi connectivity index (χ0) is 22.2. The Morgan fingerprint density at radius 1 is 0.906 bits per heavy atom. The third-order valence-electron chi connectivity index (χ3n) is 5.90. The number of fused-ring (bicyclic) bond motifs is 1. The second-order valence-corrected chi connectivity index (χ2v) is 8.25. The first kappa shape index (κ1) is 25.8. The monoisotopic (exact) mass is 464 g/mol. The first-order valence-corrected chi connectivity index (χ1v) is 11.3. The van der Waals surface area contributed by atoms with Gasteiger partial charge in [0.25, 0.3) is 11.8 Å². The summed E-state index contributed by atoms with van der Waals surface area (Å²) in [4.78, 5) is 50.0. The molecule has 0 bridgehead atoms. The molecule has 3 rings (SSSR count). The Hall–Kier alpha value is -2.45. The van der Waals surface area contributed by atoms with Crippen LogP contribution in [-0.2, 0) is 9.59 Å². The van der Waals surface area contributed by atoms with Crippen molar-refractivity contribution in [2.24, 2.45) is 5.73 Å². The summed E-state index contributed by atoms with van der Waals surface area (Å²) >= 11 is 0. The second kappa shape index (κ2) is 12.6. The van der Waals surface area contributed by atoms with Crippen LogP contribution in [0.3, 0.4) is 0 Å². The molecule has 0 saturated carbocycles. The standard InChI is InChI=1S/C23H32N4O4.ClH/c24-13-7-5-3-1-2-4-6-8-14-25-16-9-10-17-18(15-16)23(31)27(22(17)30)19-11-12-20(28)26-21(19)29;/h9-10,15,19,25H,1-8,11-14,24H2,(H,26,28,29);1H. The Balaban J connectivity index is 0.00000363. The highest BCUT2D eigenvalue weighted by atomic mass is 35.5. The van der Waals surface area contributed by atoms with Crippen LogP contribution in [0.25, 0.3) is 0 Å². The molecule has 32 heavy (non-hydrogen) atoms. The fraction of sp³-hybridized carbons (Fsp3) is 0.565. The van der Waals surface area contributed by atoms with Crippen LogP contribution in [0, 0.1) is 0 Å². The van der Waals surface area contributed by atoms with Crippen molar-refractivity contribution in [3.05, 3.63) is 29.3 Å². The number of nitrogens with zero attached hydrogens (tertiary/aromatic N) is 1. The third kappa shape index (κ3) is 6.29. The van der Waals surface area contributed by atoms with Crippen molar-refractivity contribution >= 4 is 41.7 Å². The average Bonchev–Trinajstić information content (AvgIpc) is 2.99. The van der Waals surface area contributed by atoms with E-state index in [1.807, 2.05) is 0 Å². The zero-order valence-corrected chi connectivity index (χ0v) is 19.2. The van der Waals surface area contributed by atoms with Crippen LogP contribution < -0.4 is 16.4 Å². The lowest BCUT2D eigenvalue weighted by atomic mass is 10.0. The Bertz CT molecular complexity index is 845. The van der Waals surface area contributed by atoms with Gasteiger partial charge in [-0.15, -0.1) is 12.4 Å². The van der Waals surface area contributed by atoms with Crippen molar-refractivity contribution in [3.8, 4) is 0 Å². The molecule has 1 unspecified atom stereocenters. The van der Waals surface area contributed by atoms with Crippen LogP contribution in [0.4, 0.5) is 5.69 Å². The highest BCUT2D eigenvalue weighted by Crippen LogP contribution is 2.29. The molecule has 0 radical (unpaired) electrons. The minimum atomic E-state index is -0.934. The van der Waals surface area contributed by atoms with E-state index in [9.17, 15) is 19.2 Å². The summed E-state index contributed by atoms with van der Waals surface area (Å²) in [7, 11) is 0. The Kier molecular flexibility index (Phi) is 10.1. The number of unbranched alkanes of at least 4 members (excludes halogenated alkanes) is 7. The molecule has 1 aromatic carbocycles. The number of nitrogens with one attached hydrogen (secondary N) is 2. The number of carbonyl (C=O) groups is 4. The van der Waals surface area contributed by atoms with Crippen molar-refractivity contribution in [1.29, 1.82) is 0 Å². The van der Waals surface area contributed by atoms with E-state index in [0.29, 0.717) is 11.1 Å². The van der Waals surface area contributed by atoms with Crippen molar-refractivity contribution in [2.45, 2.75) is 70.3 Å². The number of hydrogen-bond donors (Lipinski definition) is 3. The SMILES string of the molecule is Cl.NCCCCCCCCCCNc1ccc2c(c1)C(=O)N(C1CCC(=O)NC1=O)C2=O. The van der Waals surface area contributed by atoms with E-state index in [-0.39, 0.29) is 31.2 Å². The maximum atomic E-state index is 12.8. The van der Waals surface area contributed by atoms with Crippen LogP contribution in [0.5, 0.6) is 0 Å². The maximum absolute atomic E-state index is 12.8. The van der Waals surface area contributed by atoms with Gasteiger partial charge < -0.3 is 11.1 Å². The summed E-state index contributed by atoms with van der Waals surface area (Å²) in [6.45, 7) is 1.58. The van der Waals surface area contributed by atoms with E-state index >= 15 is 0 Å². The molecule has 4 amide bonds. The van der Waals surface area contributed by atoms with Gasteiger partial charge in [0.1, 0.15) is 6.04 Å². The van der Waals surface area contributed by atoms with Gasteiger partial charge in [0.05, 0.1) is 11.1 Å². The smallest absolute Gasteiger partial charge is 0.262 e. The van der Waals surface area contributed by atoms with Crippen LogP contribution in [-0.4, -0.2) is 47.7 Å². The van der Waals surface area contributed by atoms with Gasteiger partial charge in [0, 0.05) is 18.7 Å². The number of anilines is 1. The molecule has 2 aliphatic rings. The molecule has 1 saturated heterocycles. The molecule has 0 spiro atoms. The first-order chi connectivity index (χ1) is 15.0. The number of piperidine rings is 1. The highest BCUT2D eigenvalue weighted by Gasteiger charge is 2.44. The summed E-state index contributed by atoms with van der Waals surface area (Å²) in [5.41, 5.74) is 6.88. The van der Waals surface area contributed by atoms with Crippen molar-refractivity contribution in [3.63, 3.8) is 0 Å². The summed E-state index contributed by atoms with van der Waals surface area (Å²) in [5, 5.41) is 5.52. The molecule has 0 aliphatic carbocycles. The zero-order valence-electron chi connectivity index (χ0n) is 18.4. The molecule has 1 aromatic rings. The summed E-state index contributed by atoms with van der Waals surface area (Å²) < 4.78 is 0. The molecule has 8 nitrogen and oxygen atoms in total. The van der Waals surface area contributed by atoms with Gasteiger partial charge in [-0.2, -0.15) is 0 Å². The molecule has 1 atom stereocenters. The molecule has 2 heterocycles. The van der Waals surface area contributed by atoms with Crippen LogP contribution in [0.1, 0.15) is 84.9 Å². The summed E-state index contributed by atoms with van der Waals surface area (Å²) in [5.74, 6) is -1.93. The molecular formula is C23H33ClN4O4. The Morgan fingerprint density at radius 2 is 1.53 bits per heavy atom. The van der Waals surface area contributed by atoms with Crippen molar-refractivity contribution in [2.75, 3.05) is 18.4 Å². The van der Waals surface area contributed by atoms with Crippen LogP contribution >= 0.6 is 12.4 Å². The van der Waals surface area contributed by atoms with E-state index < -0.39 is 23.8 Å². The number of benzene rings is 1. The van der Waals surface area contributed by atoms with Gasteiger partial charge in [-0.25, -0.2) is 0 Å². The topological polar surface area (TPSA) is 122 Å². The second-order valence-electron chi connectivity index (χ2n) is 8.25. The number of imide groups is 2. The lowest BCUT2D eigenvalue weighted by Gasteiger charge is -2.27. The summed E-state index contributed by atoms with van der Waals surface area (Å²) in [6.07, 6.45) is 9.77. The molecule has 0 aromatic heterocycles. The fourth-order valence-corrected chi connectivity index (χ4v) is 4.14. The predicted octanol–water partition coefficient (Wildman–Crippen LogP) is 3.00. The van der Waals surface area contributed by atoms with Crippen LogP contribution in [0.15, 0.2) is 18.2 Å². The van der Waals surface area contributed by atoms with E-state index in [4.69, 9.17) is 5.73 Å². The fourth-order valence-electron chi connectivity index (χ4n) is 4.14. The third-order valence-corrected chi connectivity index (χ3v) is 5.90. The number of rotatable bonds is 12. The van der Waals surface area contributed by atoms with E-state index in [2.05, 4.69) is 10.6 Å². The van der Waals surface area contributed by atoms with Gasteiger partial charge >= 0.3 is 0 Å². The maximum Gasteiger partial charge on any atom is 0.262 e. The minimum absolute atomic E-state index is 0. The number of carbonyl (C=O) groups excluding carboxylic acids is 4. The number of amides is 4. The highest BCUT2D eigenvalue weighted by molar-refractivity contribution is 6.23. The lowest BCUT2D eigenvalue weighted by Crippen LogP contribution is -2.54. The van der Waals surface area contributed by atoms with Gasteiger partial charge in [-0.3, -0.25) is 29.4 Å². The van der Waals surface area contributed by atoms with E-state index in [0.717, 1.165) is 42.9 Å². The van der Waals surface area contributed by atoms with Crippen molar-refractivity contribution < 1.29 is 19.2 Å². The van der Waals surface area contributed by atoms with Crippen LogP contribution in [0.2, 0.25) is 0 Å². The Labute approximate surface area is 195 Å². The normalized spacial score (nSPS) is 17.8. The lowest BCUT2D eigenvalue weighted by molar-refractivity contribution is -0.136. The van der Waals surface area contributed by atoms with Gasteiger partial charge in [-0.05, 0) is 44.0 Å². The molecule has 2 aliphatic heterocycles. The molecule has 4 N–H and O–H groups in total. The molecule has 176 valence electrons. The van der Waals surface area contributed by atoms with Gasteiger partial charge in [0.2, 0.25) is 11.8 Å². The quantitative estimate of drug-likeness (QED) is 0.323. The largest absolute Gasteiger partial charge is 0.385 e. The number of nitrogens with two attached hydrogens (primary N) is 1. The van der Waals surface area contributed by atoms with E-state index in [1.165, 1.54) is 32.1 Å².